The molecule has 0 unspecified atom stereocenters. The summed E-state index contributed by atoms with van der Waals surface area (Å²) in [6, 6.07) is 2.05. The van der Waals surface area contributed by atoms with Gasteiger partial charge in [-0.3, -0.25) is 0 Å². The lowest BCUT2D eigenvalue weighted by molar-refractivity contribution is 0.523. The summed E-state index contributed by atoms with van der Waals surface area (Å²) in [6.45, 7) is 5.04. The molecule has 1 saturated carbocycles. The van der Waals surface area contributed by atoms with Crippen LogP contribution in [0.5, 0.6) is 0 Å². The van der Waals surface area contributed by atoms with Crippen LogP contribution in [0, 0.1) is 12.3 Å². The van der Waals surface area contributed by atoms with Crippen LogP contribution in [-0.4, -0.2) is 22.4 Å². The summed E-state index contributed by atoms with van der Waals surface area (Å²) in [5.41, 5.74) is 1.54. The van der Waals surface area contributed by atoms with Gasteiger partial charge in [-0.2, -0.15) is 0 Å². The highest BCUT2D eigenvalue weighted by Gasteiger charge is 2.41. The van der Waals surface area contributed by atoms with Crippen LogP contribution in [0.15, 0.2) is 6.07 Å². The second kappa shape index (κ2) is 5.21. The van der Waals surface area contributed by atoms with Gasteiger partial charge in [0.2, 0.25) is 0 Å². The monoisotopic (exact) mass is 253 g/mol. The smallest absolute Gasteiger partial charge is 0.129 e. The van der Waals surface area contributed by atoms with Crippen molar-refractivity contribution in [1.82, 2.24) is 9.97 Å². The van der Waals surface area contributed by atoms with Crippen LogP contribution in [0.3, 0.4) is 0 Å². The average molecular weight is 254 g/mol. The first-order valence-electron chi connectivity index (χ1n) is 6.32. The minimum absolute atomic E-state index is 0.437. The molecule has 1 fully saturated rings. The van der Waals surface area contributed by atoms with Gasteiger partial charge in [-0.1, -0.05) is 6.92 Å². The molecule has 1 heterocycles. The summed E-state index contributed by atoms with van der Waals surface area (Å²) in [7, 11) is 0. The second-order valence-electron chi connectivity index (χ2n) is 4.94. The maximum absolute atomic E-state index is 5.83. The molecule has 0 aliphatic heterocycles. The number of aryl methyl sites for hydroxylation is 2. The maximum atomic E-state index is 5.83. The van der Waals surface area contributed by atoms with E-state index in [0.717, 1.165) is 42.6 Å². The van der Waals surface area contributed by atoms with E-state index in [1.165, 1.54) is 12.8 Å². The molecular weight excluding hydrogens is 234 g/mol. The normalized spacial score (nSPS) is 16.9. The zero-order chi connectivity index (χ0) is 12.3. The van der Waals surface area contributed by atoms with Crippen LogP contribution in [-0.2, 0) is 6.42 Å². The van der Waals surface area contributed by atoms with Gasteiger partial charge in [0.25, 0.3) is 0 Å². The number of hydrogen-bond donors (Lipinski definition) is 1. The first-order chi connectivity index (χ1) is 8.17. The third kappa shape index (κ3) is 3.32. The summed E-state index contributed by atoms with van der Waals surface area (Å²) < 4.78 is 0. The van der Waals surface area contributed by atoms with Gasteiger partial charge in [-0.25, -0.2) is 9.97 Å². The standard InChI is InChI=1S/C13H20ClN3/c1-3-11-8-12(17-10(2)16-11)15-9-13(4-5-13)6-7-14/h8H,3-7,9H2,1-2H3,(H,15,16,17). The molecular formula is C13H20ClN3. The summed E-state index contributed by atoms with van der Waals surface area (Å²) >= 11 is 5.83. The molecule has 1 N–H and O–H groups in total. The van der Waals surface area contributed by atoms with Crippen molar-refractivity contribution in [3.05, 3.63) is 17.6 Å². The number of nitrogens with one attached hydrogen (secondary N) is 1. The van der Waals surface area contributed by atoms with Crippen molar-refractivity contribution in [2.75, 3.05) is 17.7 Å². The van der Waals surface area contributed by atoms with Gasteiger partial charge in [-0.15, -0.1) is 11.6 Å². The second-order valence-corrected chi connectivity index (χ2v) is 5.32. The number of hydrogen-bond acceptors (Lipinski definition) is 3. The van der Waals surface area contributed by atoms with E-state index in [1.807, 2.05) is 13.0 Å². The maximum Gasteiger partial charge on any atom is 0.129 e. The lowest BCUT2D eigenvalue weighted by Crippen LogP contribution is -2.17. The van der Waals surface area contributed by atoms with Crippen molar-refractivity contribution in [2.45, 2.75) is 39.5 Å². The van der Waals surface area contributed by atoms with Gasteiger partial charge in [0.1, 0.15) is 11.6 Å². The van der Waals surface area contributed by atoms with Gasteiger partial charge >= 0.3 is 0 Å². The zero-order valence-electron chi connectivity index (χ0n) is 10.6. The summed E-state index contributed by atoms with van der Waals surface area (Å²) in [5, 5.41) is 3.44. The molecule has 1 aliphatic rings. The third-order valence-corrected chi connectivity index (χ3v) is 3.67. The molecule has 0 spiro atoms. The van der Waals surface area contributed by atoms with Crippen molar-refractivity contribution >= 4 is 17.4 Å². The Morgan fingerprint density at radius 3 is 2.76 bits per heavy atom. The van der Waals surface area contributed by atoms with E-state index < -0.39 is 0 Å². The van der Waals surface area contributed by atoms with Crippen LogP contribution in [0.1, 0.15) is 37.7 Å². The van der Waals surface area contributed by atoms with E-state index in [0.29, 0.717) is 5.41 Å². The van der Waals surface area contributed by atoms with E-state index >= 15 is 0 Å². The lowest BCUT2D eigenvalue weighted by atomic mass is 10.0. The van der Waals surface area contributed by atoms with E-state index in [-0.39, 0.29) is 0 Å². The fourth-order valence-corrected chi connectivity index (χ4v) is 2.47. The third-order valence-electron chi connectivity index (χ3n) is 3.48. The van der Waals surface area contributed by atoms with E-state index in [4.69, 9.17) is 11.6 Å². The molecule has 1 aliphatic carbocycles. The molecule has 0 bridgehead atoms. The zero-order valence-corrected chi connectivity index (χ0v) is 11.3. The lowest BCUT2D eigenvalue weighted by Gasteiger charge is -2.15. The fourth-order valence-electron chi connectivity index (χ4n) is 2.07. The molecule has 0 saturated heterocycles. The molecule has 0 radical (unpaired) electrons. The Kier molecular flexibility index (Phi) is 3.87. The molecule has 0 amide bonds. The molecule has 0 atom stereocenters. The SMILES string of the molecule is CCc1cc(NCC2(CCCl)CC2)nc(C)n1. The first-order valence-corrected chi connectivity index (χ1v) is 6.85. The van der Waals surface area contributed by atoms with E-state index in [1.54, 1.807) is 0 Å². The number of halogens is 1. The van der Waals surface area contributed by atoms with Crippen molar-refractivity contribution < 1.29 is 0 Å². The number of rotatable bonds is 6. The van der Waals surface area contributed by atoms with Crippen molar-refractivity contribution in [2.24, 2.45) is 5.41 Å². The van der Waals surface area contributed by atoms with Gasteiger partial charge in [0, 0.05) is 24.2 Å². The largest absolute Gasteiger partial charge is 0.369 e. The number of aromatic nitrogens is 2. The number of anilines is 1. The minimum atomic E-state index is 0.437. The minimum Gasteiger partial charge on any atom is -0.369 e. The van der Waals surface area contributed by atoms with Crippen molar-refractivity contribution in [1.29, 1.82) is 0 Å². The molecule has 1 aromatic heterocycles. The Morgan fingerprint density at radius 2 is 2.18 bits per heavy atom. The Morgan fingerprint density at radius 1 is 1.41 bits per heavy atom. The van der Waals surface area contributed by atoms with E-state index in [9.17, 15) is 0 Å². The fraction of sp³-hybridized carbons (Fsp3) is 0.692. The Balaban J connectivity index is 1.97. The van der Waals surface area contributed by atoms with Crippen LogP contribution in [0.4, 0.5) is 5.82 Å². The summed E-state index contributed by atoms with van der Waals surface area (Å²) in [6.07, 6.45) is 4.63. The van der Waals surface area contributed by atoms with Gasteiger partial charge in [-0.05, 0) is 38.0 Å². The highest BCUT2D eigenvalue weighted by molar-refractivity contribution is 6.17. The molecule has 94 valence electrons. The average Bonchev–Trinajstić information content (AvgIpc) is 3.07. The van der Waals surface area contributed by atoms with Gasteiger partial charge in [0.15, 0.2) is 0 Å². The van der Waals surface area contributed by atoms with Crippen LogP contribution < -0.4 is 5.32 Å². The van der Waals surface area contributed by atoms with E-state index in [2.05, 4.69) is 22.2 Å². The van der Waals surface area contributed by atoms with Gasteiger partial charge in [0.05, 0.1) is 0 Å². The first kappa shape index (κ1) is 12.6. The Bertz CT molecular complexity index is 388. The molecule has 1 aromatic rings. The molecule has 17 heavy (non-hydrogen) atoms. The summed E-state index contributed by atoms with van der Waals surface area (Å²) in [4.78, 5) is 8.79. The van der Waals surface area contributed by atoms with Crippen LogP contribution in [0.25, 0.3) is 0 Å². The highest BCUT2D eigenvalue weighted by Crippen LogP contribution is 2.48. The topological polar surface area (TPSA) is 37.8 Å². The molecule has 0 aromatic carbocycles. The molecule has 4 heteroatoms. The predicted octanol–water partition coefficient (Wildman–Crippen LogP) is 3.17. The van der Waals surface area contributed by atoms with Crippen LogP contribution in [0.2, 0.25) is 0 Å². The van der Waals surface area contributed by atoms with Crippen molar-refractivity contribution in [3.63, 3.8) is 0 Å². The predicted molar refractivity (Wildman–Crippen MR) is 71.6 cm³/mol. The number of alkyl halides is 1. The van der Waals surface area contributed by atoms with Crippen LogP contribution >= 0.6 is 11.6 Å². The van der Waals surface area contributed by atoms with Gasteiger partial charge < -0.3 is 5.32 Å². The quantitative estimate of drug-likeness (QED) is 0.792. The molecule has 2 rings (SSSR count). The summed E-state index contributed by atoms with van der Waals surface area (Å²) in [5.74, 6) is 2.55. The Labute approximate surface area is 108 Å². The van der Waals surface area contributed by atoms with Crippen molar-refractivity contribution in [3.8, 4) is 0 Å². The Hall–Kier alpha value is -0.830. The number of nitrogens with zero attached hydrogens (tertiary/aromatic N) is 2. The highest BCUT2D eigenvalue weighted by atomic mass is 35.5. The molecule has 3 nitrogen and oxygen atoms in total.